The fraction of sp³-hybridized carbons (Fsp3) is 0.304. The van der Waals surface area contributed by atoms with Gasteiger partial charge in [0, 0.05) is 5.02 Å². The lowest BCUT2D eigenvalue weighted by Gasteiger charge is -2.23. The molecule has 1 atom stereocenters. The summed E-state index contributed by atoms with van der Waals surface area (Å²) in [5, 5.41) is 4.18. The molecule has 9 heteroatoms. The molecule has 1 aromatic heterocycles. The van der Waals surface area contributed by atoms with Crippen LogP contribution in [0.1, 0.15) is 51.4 Å². The van der Waals surface area contributed by atoms with Crippen LogP contribution in [0, 0.1) is 12.8 Å². The number of thiazole rings is 1. The van der Waals surface area contributed by atoms with Crippen molar-refractivity contribution in [3.8, 4) is 5.75 Å². The van der Waals surface area contributed by atoms with Gasteiger partial charge in [0.15, 0.2) is 0 Å². The third-order valence-corrected chi connectivity index (χ3v) is 6.16. The Morgan fingerprint density at radius 3 is 2.31 bits per heavy atom. The van der Waals surface area contributed by atoms with Gasteiger partial charge in [0.25, 0.3) is 5.91 Å². The predicted molar refractivity (Wildman–Crippen MR) is 119 cm³/mol. The van der Waals surface area contributed by atoms with E-state index in [-0.39, 0.29) is 18.4 Å². The number of aryl methyl sites for hydroxylation is 1. The molecule has 3 rings (SSSR count). The summed E-state index contributed by atoms with van der Waals surface area (Å²) in [7, 11) is 0. The predicted octanol–water partition coefficient (Wildman–Crippen LogP) is 6.83. The van der Waals surface area contributed by atoms with Gasteiger partial charge < -0.3 is 10.1 Å². The molecule has 0 bridgehead atoms. The molecular weight excluding hydrogens is 461 g/mol. The maximum absolute atomic E-state index is 12.9. The lowest BCUT2D eigenvalue weighted by atomic mass is 9.95. The summed E-state index contributed by atoms with van der Waals surface area (Å²) in [5.41, 5.74) is 0.450. The summed E-state index contributed by atoms with van der Waals surface area (Å²) in [5.74, 6) is 0.281. The molecule has 0 aliphatic rings. The molecule has 0 saturated heterocycles. The lowest BCUT2D eigenvalue weighted by molar-refractivity contribution is -0.137. The van der Waals surface area contributed by atoms with Gasteiger partial charge in [-0.15, -0.1) is 11.3 Å². The van der Waals surface area contributed by atoms with Crippen LogP contribution in [0.3, 0.4) is 0 Å². The molecule has 0 aliphatic carbocycles. The second-order valence-corrected chi connectivity index (χ2v) is 9.10. The minimum absolute atomic E-state index is 0.0309. The summed E-state index contributed by atoms with van der Waals surface area (Å²) < 4.78 is 44.3. The smallest absolute Gasteiger partial charge is 0.416 e. The molecule has 32 heavy (non-hydrogen) atoms. The Bertz CT molecular complexity index is 1060. The zero-order valence-corrected chi connectivity index (χ0v) is 19.2. The Kier molecular flexibility index (Phi) is 7.46. The number of ether oxygens (including phenoxy) is 1. The minimum atomic E-state index is -4.40. The van der Waals surface area contributed by atoms with Crippen LogP contribution in [-0.2, 0) is 12.8 Å². The van der Waals surface area contributed by atoms with Gasteiger partial charge in [0.2, 0.25) is 0 Å². The highest BCUT2D eigenvalue weighted by atomic mass is 35.5. The van der Waals surface area contributed by atoms with Gasteiger partial charge >= 0.3 is 6.18 Å². The van der Waals surface area contributed by atoms with E-state index in [1.807, 2.05) is 13.8 Å². The highest BCUT2D eigenvalue weighted by Crippen LogP contribution is 2.31. The number of halogens is 4. The molecule has 0 saturated carbocycles. The summed E-state index contributed by atoms with van der Waals surface area (Å²) in [6, 6.07) is 11.3. The Hall–Kier alpha value is -2.58. The number of carbonyl (C=O) groups is 1. The third-order valence-electron chi connectivity index (χ3n) is 4.77. The van der Waals surface area contributed by atoms with Crippen LogP contribution >= 0.6 is 22.9 Å². The van der Waals surface area contributed by atoms with Crippen LogP contribution in [0.2, 0.25) is 5.02 Å². The van der Waals surface area contributed by atoms with Gasteiger partial charge in [-0.25, -0.2) is 4.98 Å². The van der Waals surface area contributed by atoms with Crippen molar-refractivity contribution in [2.45, 2.75) is 39.6 Å². The standard InChI is InChI=1S/C23H22ClF3N2O2S/c1-13(2)20(15-4-6-16(7-5-15)23(25,26)27)29-22(30)21-14(3)28-19(32-21)12-31-18-10-8-17(24)9-11-18/h4-11,13,20H,12H2,1-3H3,(H,29,30). The molecule has 0 aliphatic heterocycles. The molecule has 0 radical (unpaired) electrons. The van der Waals surface area contributed by atoms with E-state index in [4.69, 9.17) is 16.3 Å². The fourth-order valence-electron chi connectivity index (χ4n) is 3.12. The number of nitrogens with zero attached hydrogens (tertiary/aromatic N) is 1. The van der Waals surface area contributed by atoms with Gasteiger partial charge in [-0.05, 0) is 54.8 Å². The molecule has 0 fully saturated rings. The van der Waals surface area contributed by atoms with E-state index < -0.39 is 17.8 Å². The summed E-state index contributed by atoms with van der Waals surface area (Å²) >= 11 is 7.08. The summed E-state index contributed by atoms with van der Waals surface area (Å²) in [6.45, 7) is 5.73. The molecule has 2 aromatic carbocycles. The Labute approximate surface area is 193 Å². The van der Waals surface area contributed by atoms with Gasteiger partial charge in [0.1, 0.15) is 22.2 Å². The maximum Gasteiger partial charge on any atom is 0.416 e. The van der Waals surface area contributed by atoms with Crippen molar-refractivity contribution < 1.29 is 22.7 Å². The monoisotopic (exact) mass is 482 g/mol. The number of rotatable bonds is 7. The molecule has 3 aromatic rings. The average molecular weight is 483 g/mol. The number of hydrogen-bond donors (Lipinski definition) is 1. The van der Waals surface area contributed by atoms with Crippen LogP contribution in [0.5, 0.6) is 5.75 Å². The van der Waals surface area contributed by atoms with Gasteiger partial charge in [-0.2, -0.15) is 13.2 Å². The molecule has 1 heterocycles. The summed E-state index contributed by atoms with van der Waals surface area (Å²) in [4.78, 5) is 17.8. The number of hydrogen-bond acceptors (Lipinski definition) is 4. The van der Waals surface area contributed by atoms with E-state index >= 15 is 0 Å². The molecule has 1 unspecified atom stereocenters. The second-order valence-electron chi connectivity index (χ2n) is 7.58. The number of amides is 1. The van der Waals surface area contributed by atoms with Crippen molar-refractivity contribution in [1.82, 2.24) is 10.3 Å². The Balaban J connectivity index is 1.71. The largest absolute Gasteiger partial charge is 0.486 e. The van der Waals surface area contributed by atoms with E-state index in [9.17, 15) is 18.0 Å². The highest BCUT2D eigenvalue weighted by molar-refractivity contribution is 7.13. The van der Waals surface area contributed by atoms with Crippen molar-refractivity contribution in [2.75, 3.05) is 0 Å². The zero-order valence-electron chi connectivity index (χ0n) is 17.7. The van der Waals surface area contributed by atoms with Crippen molar-refractivity contribution in [3.63, 3.8) is 0 Å². The van der Waals surface area contributed by atoms with Crippen LogP contribution in [0.15, 0.2) is 48.5 Å². The normalized spacial score (nSPS) is 12.6. The topological polar surface area (TPSA) is 51.2 Å². The number of aromatic nitrogens is 1. The molecule has 170 valence electrons. The van der Waals surface area contributed by atoms with Crippen molar-refractivity contribution in [1.29, 1.82) is 0 Å². The van der Waals surface area contributed by atoms with E-state index in [1.165, 1.54) is 23.5 Å². The maximum atomic E-state index is 12.9. The van der Waals surface area contributed by atoms with Crippen molar-refractivity contribution >= 4 is 28.8 Å². The number of carbonyl (C=O) groups excluding carboxylic acids is 1. The van der Waals surface area contributed by atoms with Gasteiger partial charge in [-0.3, -0.25) is 4.79 Å². The van der Waals surface area contributed by atoms with Crippen LogP contribution in [0.25, 0.3) is 0 Å². The Morgan fingerprint density at radius 2 is 1.75 bits per heavy atom. The highest BCUT2D eigenvalue weighted by Gasteiger charge is 2.30. The third kappa shape index (κ3) is 6.01. The number of benzene rings is 2. The van der Waals surface area contributed by atoms with E-state index in [2.05, 4.69) is 10.3 Å². The molecule has 1 N–H and O–H groups in total. The molecular formula is C23H22ClF3N2O2S. The zero-order chi connectivity index (χ0) is 23.5. The van der Waals surface area contributed by atoms with Crippen LogP contribution < -0.4 is 10.1 Å². The van der Waals surface area contributed by atoms with Crippen LogP contribution in [-0.4, -0.2) is 10.9 Å². The minimum Gasteiger partial charge on any atom is -0.486 e. The van der Waals surface area contributed by atoms with E-state index in [0.717, 1.165) is 12.1 Å². The van der Waals surface area contributed by atoms with Gasteiger partial charge in [-0.1, -0.05) is 37.6 Å². The number of nitrogens with one attached hydrogen (secondary N) is 1. The second kappa shape index (κ2) is 9.92. The van der Waals surface area contributed by atoms with Gasteiger partial charge in [0.05, 0.1) is 17.3 Å². The lowest BCUT2D eigenvalue weighted by Crippen LogP contribution is -2.31. The van der Waals surface area contributed by atoms with Crippen molar-refractivity contribution in [2.24, 2.45) is 5.92 Å². The SMILES string of the molecule is Cc1nc(COc2ccc(Cl)cc2)sc1C(=O)NC(c1ccc(C(F)(F)F)cc1)C(C)C. The molecule has 1 amide bonds. The first-order valence-electron chi connectivity index (χ1n) is 9.87. The van der Waals surface area contributed by atoms with Crippen molar-refractivity contribution in [3.05, 3.63) is 80.3 Å². The Morgan fingerprint density at radius 1 is 1.12 bits per heavy atom. The molecule has 4 nitrogen and oxygen atoms in total. The summed E-state index contributed by atoms with van der Waals surface area (Å²) in [6.07, 6.45) is -4.40. The van der Waals surface area contributed by atoms with E-state index in [0.29, 0.717) is 31.9 Å². The first kappa shape index (κ1) is 24.1. The number of alkyl halides is 3. The van der Waals surface area contributed by atoms with Crippen LogP contribution in [0.4, 0.5) is 13.2 Å². The first-order valence-corrected chi connectivity index (χ1v) is 11.1. The first-order chi connectivity index (χ1) is 15.0. The average Bonchev–Trinajstić information content (AvgIpc) is 3.11. The van der Waals surface area contributed by atoms with E-state index in [1.54, 1.807) is 31.2 Å². The quantitative estimate of drug-likeness (QED) is 0.401. The molecule has 0 spiro atoms. The fourth-order valence-corrected chi connectivity index (χ4v) is 4.13.